The molecule has 2 aliphatic carbocycles. The minimum absolute atomic E-state index is 0.0172. The average molecular weight is 601 g/mol. The number of allylic oxidation sites excluding steroid dienone is 17. The van der Waals surface area contributed by atoms with Gasteiger partial charge in [0.05, 0.1) is 18.8 Å². The molecule has 2 rings (SSSR count). The summed E-state index contributed by atoms with van der Waals surface area (Å²) in [5, 5.41) is 30.1. The highest BCUT2D eigenvalue weighted by atomic mass is 16.3. The number of hydrogen-bond acceptors (Lipinski definition) is 4. The van der Waals surface area contributed by atoms with E-state index in [-0.39, 0.29) is 41.8 Å². The lowest BCUT2D eigenvalue weighted by Crippen LogP contribution is -2.30. The number of ketones is 1. The Labute approximate surface area is 267 Å². The molecule has 0 aromatic carbocycles. The van der Waals surface area contributed by atoms with Crippen molar-refractivity contribution < 1.29 is 20.1 Å². The molecule has 0 spiro atoms. The second-order valence-corrected chi connectivity index (χ2v) is 14.0. The van der Waals surface area contributed by atoms with Crippen LogP contribution < -0.4 is 0 Å². The molecule has 240 valence electrons. The summed E-state index contributed by atoms with van der Waals surface area (Å²) in [6.45, 7) is 18.5. The molecule has 0 aromatic rings. The van der Waals surface area contributed by atoms with Gasteiger partial charge >= 0.3 is 0 Å². The van der Waals surface area contributed by atoms with Crippen molar-refractivity contribution in [3.63, 3.8) is 0 Å². The van der Waals surface area contributed by atoms with Crippen LogP contribution in [-0.2, 0) is 4.79 Å². The van der Waals surface area contributed by atoms with Crippen molar-refractivity contribution in [2.75, 3.05) is 6.61 Å². The van der Waals surface area contributed by atoms with Gasteiger partial charge in [0, 0.05) is 12.0 Å². The predicted octanol–water partition coefficient (Wildman–Crippen LogP) is 8.92. The predicted molar refractivity (Wildman–Crippen MR) is 186 cm³/mol. The maximum Gasteiger partial charge on any atom is 0.165 e. The summed E-state index contributed by atoms with van der Waals surface area (Å²) in [6, 6.07) is 0. The van der Waals surface area contributed by atoms with Gasteiger partial charge in [-0.3, -0.25) is 4.79 Å². The van der Waals surface area contributed by atoms with Crippen LogP contribution in [0.1, 0.15) is 94.4 Å². The molecule has 4 nitrogen and oxygen atoms in total. The van der Waals surface area contributed by atoms with Gasteiger partial charge in [-0.25, -0.2) is 0 Å². The molecule has 44 heavy (non-hydrogen) atoms. The number of Topliss-reactive ketones (excluding diaryl/α,β-unsaturated/α-hetero) is 1. The molecule has 0 aromatic heterocycles. The van der Waals surface area contributed by atoms with Crippen LogP contribution in [-0.4, -0.2) is 39.9 Å². The van der Waals surface area contributed by atoms with Crippen LogP contribution >= 0.6 is 0 Å². The number of rotatable bonds is 12. The molecule has 0 saturated heterocycles. The first-order chi connectivity index (χ1) is 20.6. The number of hydrogen-bond donors (Lipinski definition) is 3. The standard InChI is InChI=1S/C40H56O4/c1-28(16-12-17-30(3)20-21-36-31(4)22-34(42)25-39(36,6)7)14-10-11-15-29(2)18-13-19-33(27-41)38(44)24-37-32(5)23-35(43)26-40(37,8)9/h10-21,34-35,41-43H,22-27H2,1-9H3/b11-10+,16-12+,18-13+,21-20+,28-14+,29-15+,30-17+,33-19+/t34-,35+/m0/s1. The highest BCUT2D eigenvalue weighted by Crippen LogP contribution is 2.43. The minimum Gasteiger partial charge on any atom is -0.393 e. The van der Waals surface area contributed by atoms with E-state index in [9.17, 15) is 20.1 Å². The smallest absolute Gasteiger partial charge is 0.165 e. The lowest BCUT2D eigenvalue weighted by Gasteiger charge is -2.37. The first-order valence-electron chi connectivity index (χ1n) is 15.9. The number of carbonyl (C=O) groups is 1. The Kier molecular flexibility index (Phi) is 14.2. The van der Waals surface area contributed by atoms with E-state index in [0.717, 1.165) is 35.1 Å². The molecule has 0 amide bonds. The van der Waals surface area contributed by atoms with Crippen molar-refractivity contribution >= 4 is 5.78 Å². The summed E-state index contributed by atoms with van der Waals surface area (Å²) in [6.07, 6.45) is 26.5. The van der Waals surface area contributed by atoms with E-state index < -0.39 is 0 Å². The average Bonchev–Trinajstić information content (AvgIpc) is 2.89. The second kappa shape index (κ2) is 16.9. The van der Waals surface area contributed by atoms with Gasteiger partial charge in [0.2, 0.25) is 0 Å². The van der Waals surface area contributed by atoms with Crippen molar-refractivity contribution in [3.8, 4) is 0 Å². The van der Waals surface area contributed by atoms with Gasteiger partial charge in [-0.2, -0.15) is 0 Å². The normalized spacial score (nSPS) is 24.2. The number of carbonyl (C=O) groups excluding carboxylic acids is 1. The summed E-state index contributed by atoms with van der Waals surface area (Å²) in [7, 11) is 0. The molecule has 0 fully saturated rings. The summed E-state index contributed by atoms with van der Waals surface area (Å²) in [4.78, 5) is 13.0. The summed E-state index contributed by atoms with van der Waals surface area (Å²) < 4.78 is 0. The summed E-state index contributed by atoms with van der Waals surface area (Å²) in [5.74, 6) is -0.0754. The first kappa shape index (κ1) is 37.1. The molecule has 2 atom stereocenters. The van der Waals surface area contributed by atoms with E-state index in [0.29, 0.717) is 18.4 Å². The Morgan fingerprint density at radius 1 is 0.727 bits per heavy atom. The van der Waals surface area contributed by atoms with Crippen LogP contribution in [0.4, 0.5) is 0 Å². The van der Waals surface area contributed by atoms with Gasteiger partial charge in [0.25, 0.3) is 0 Å². The fourth-order valence-electron chi connectivity index (χ4n) is 6.38. The van der Waals surface area contributed by atoms with Crippen LogP contribution in [0.3, 0.4) is 0 Å². The van der Waals surface area contributed by atoms with E-state index in [1.807, 2.05) is 44.2 Å². The van der Waals surface area contributed by atoms with Gasteiger partial charge < -0.3 is 15.3 Å². The lowest BCUT2D eigenvalue weighted by molar-refractivity contribution is -0.115. The Morgan fingerprint density at radius 3 is 1.73 bits per heavy atom. The zero-order valence-electron chi connectivity index (χ0n) is 28.6. The van der Waals surface area contributed by atoms with E-state index in [2.05, 4.69) is 84.9 Å². The molecule has 0 unspecified atom stereocenters. The Morgan fingerprint density at radius 2 is 1.20 bits per heavy atom. The molecule has 0 saturated carbocycles. The molecule has 0 bridgehead atoms. The van der Waals surface area contributed by atoms with Crippen LogP contribution in [0, 0.1) is 10.8 Å². The molecule has 0 heterocycles. The van der Waals surface area contributed by atoms with E-state index in [4.69, 9.17) is 0 Å². The summed E-state index contributed by atoms with van der Waals surface area (Å²) >= 11 is 0. The van der Waals surface area contributed by atoms with Gasteiger partial charge in [0.15, 0.2) is 5.78 Å². The zero-order chi connectivity index (χ0) is 33.1. The fraction of sp³-hybridized carbons (Fsp3) is 0.475. The minimum atomic E-state index is -0.363. The third-order valence-electron chi connectivity index (χ3n) is 8.68. The Bertz CT molecular complexity index is 1350. The highest BCUT2D eigenvalue weighted by Gasteiger charge is 2.34. The largest absolute Gasteiger partial charge is 0.393 e. The van der Waals surface area contributed by atoms with Crippen molar-refractivity contribution in [2.45, 2.75) is 107 Å². The lowest BCUT2D eigenvalue weighted by atomic mass is 9.70. The van der Waals surface area contributed by atoms with Crippen LogP contribution in [0.15, 0.2) is 117 Å². The quantitative estimate of drug-likeness (QED) is 0.119. The monoisotopic (exact) mass is 600 g/mol. The third-order valence-corrected chi connectivity index (χ3v) is 8.68. The van der Waals surface area contributed by atoms with Crippen LogP contribution in [0.25, 0.3) is 0 Å². The van der Waals surface area contributed by atoms with Crippen LogP contribution in [0.2, 0.25) is 0 Å². The molecular formula is C40H56O4. The van der Waals surface area contributed by atoms with Crippen molar-refractivity contribution in [3.05, 3.63) is 117 Å². The second-order valence-electron chi connectivity index (χ2n) is 14.0. The Hall–Kier alpha value is -3.05. The fourth-order valence-corrected chi connectivity index (χ4v) is 6.38. The van der Waals surface area contributed by atoms with E-state index in [1.54, 1.807) is 6.08 Å². The topological polar surface area (TPSA) is 77.8 Å². The van der Waals surface area contributed by atoms with Gasteiger partial charge in [0.1, 0.15) is 0 Å². The van der Waals surface area contributed by atoms with E-state index >= 15 is 0 Å². The van der Waals surface area contributed by atoms with E-state index in [1.165, 1.54) is 16.7 Å². The highest BCUT2D eigenvalue weighted by molar-refractivity contribution is 5.97. The maximum absolute atomic E-state index is 13.0. The van der Waals surface area contributed by atoms with Crippen molar-refractivity contribution in [1.82, 2.24) is 0 Å². The van der Waals surface area contributed by atoms with Crippen LogP contribution in [0.5, 0.6) is 0 Å². The van der Waals surface area contributed by atoms with Crippen molar-refractivity contribution in [2.24, 2.45) is 10.8 Å². The number of aliphatic hydroxyl groups is 3. The third kappa shape index (κ3) is 11.8. The van der Waals surface area contributed by atoms with Gasteiger partial charge in [-0.1, -0.05) is 134 Å². The zero-order valence-corrected chi connectivity index (χ0v) is 28.6. The summed E-state index contributed by atoms with van der Waals surface area (Å²) in [5.41, 5.74) is 8.21. The molecular weight excluding hydrogens is 544 g/mol. The SMILES string of the molecule is CC1=C(/C=C/C(C)=C/C=C/C(C)=C/C=C/C=C(C)/C=C/C=C(\CO)C(=O)CC2=C(C)C[C@@H](O)CC2(C)C)C(C)(C)C[C@@H](O)C1. The van der Waals surface area contributed by atoms with Gasteiger partial charge in [-0.05, 0) is 76.7 Å². The van der Waals surface area contributed by atoms with Gasteiger partial charge in [-0.15, -0.1) is 0 Å². The number of aliphatic hydroxyl groups excluding tert-OH is 3. The molecule has 3 N–H and O–H groups in total. The molecule has 4 heteroatoms. The molecule has 0 aliphatic heterocycles. The van der Waals surface area contributed by atoms with Crippen molar-refractivity contribution in [1.29, 1.82) is 0 Å². The first-order valence-corrected chi connectivity index (χ1v) is 15.9. The maximum atomic E-state index is 13.0. The molecule has 2 aliphatic rings. The Balaban J connectivity index is 1.94. The molecule has 0 radical (unpaired) electrons.